The minimum absolute atomic E-state index is 0.126. The summed E-state index contributed by atoms with van der Waals surface area (Å²) in [6, 6.07) is 2.13. The number of rotatable bonds is 0. The minimum Gasteiger partial charge on any atom is -0.454 e. The van der Waals surface area contributed by atoms with Gasteiger partial charge in [0.1, 0.15) is 5.76 Å². The molecule has 82 valence electrons. The van der Waals surface area contributed by atoms with Crippen LogP contribution in [0.2, 0.25) is 0 Å². The summed E-state index contributed by atoms with van der Waals surface area (Å²) in [6.45, 7) is 3.18. The first-order valence-electron chi connectivity index (χ1n) is 5.55. The maximum absolute atomic E-state index is 5.68. The highest BCUT2D eigenvalue weighted by atomic mass is 79.9. The highest BCUT2D eigenvalue weighted by Crippen LogP contribution is 2.37. The van der Waals surface area contributed by atoms with Gasteiger partial charge in [0.2, 0.25) is 0 Å². The van der Waals surface area contributed by atoms with Crippen molar-refractivity contribution in [1.82, 2.24) is 10.6 Å². The van der Waals surface area contributed by atoms with E-state index in [0.29, 0.717) is 0 Å². The lowest BCUT2D eigenvalue weighted by atomic mass is 9.80. The summed E-state index contributed by atoms with van der Waals surface area (Å²) in [6.07, 6.45) is 3.44. The minimum atomic E-state index is 0.126. The molecule has 2 N–H and O–H groups in total. The second-order valence-corrected chi connectivity index (χ2v) is 5.21. The van der Waals surface area contributed by atoms with Crippen LogP contribution in [0.3, 0.4) is 0 Å². The van der Waals surface area contributed by atoms with Crippen molar-refractivity contribution in [3.05, 3.63) is 22.1 Å². The van der Waals surface area contributed by atoms with Crippen LogP contribution < -0.4 is 10.6 Å². The van der Waals surface area contributed by atoms with Crippen LogP contribution in [0.5, 0.6) is 0 Å². The van der Waals surface area contributed by atoms with E-state index in [2.05, 4.69) is 32.6 Å². The number of hydrogen-bond donors (Lipinski definition) is 2. The molecule has 0 saturated carbocycles. The molecule has 0 bridgehead atoms. The Morgan fingerprint density at radius 2 is 2.33 bits per heavy atom. The Bertz CT molecular complexity index is 369. The summed E-state index contributed by atoms with van der Waals surface area (Å²) in [5.74, 6) is 1.16. The largest absolute Gasteiger partial charge is 0.454 e. The van der Waals surface area contributed by atoms with Crippen LogP contribution in [0.25, 0.3) is 0 Å². The van der Waals surface area contributed by atoms with Crippen LogP contribution in [-0.4, -0.2) is 19.6 Å². The van der Waals surface area contributed by atoms with Gasteiger partial charge in [-0.15, -0.1) is 0 Å². The third-order valence-electron chi connectivity index (χ3n) is 3.49. The maximum Gasteiger partial charge on any atom is 0.169 e. The summed E-state index contributed by atoms with van der Waals surface area (Å²) < 4.78 is 6.54. The Morgan fingerprint density at radius 3 is 3.13 bits per heavy atom. The van der Waals surface area contributed by atoms with Gasteiger partial charge in [-0.1, -0.05) is 0 Å². The van der Waals surface area contributed by atoms with Crippen molar-refractivity contribution < 1.29 is 4.42 Å². The van der Waals surface area contributed by atoms with E-state index < -0.39 is 0 Å². The van der Waals surface area contributed by atoms with Gasteiger partial charge in [-0.3, -0.25) is 0 Å². The third kappa shape index (κ3) is 1.55. The molecule has 1 atom stereocenters. The van der Waals surface area contributed by atoms with Gasteiger partial charge in [-0.05, 0) is 41.4 Å². The Labute approximate surface area is 97.7 Å². The molecule has 1 spiro atoms. The molecule has 3 nitrogen and oxygen atoms in total. The van der Waals surface area contributed by atoms with Crippen LogP contribution in [0.4, 0.5) is 0 Å². The van der Waals surface area contributed by atoms with E-state index in [1.54, 1.807) is 0 Å². The van der Waals surface area contributed by atoms with Gasteiger partial charge in [0.15, 0.2) is 4.67 Å². The average molecular weight is 271 g/mol. The number of piperidine rings is 1. The molecule has 2 aliphatic heterocycles. The molecule has 1 fully saturated rings. The van der Waals surface area contributed by atoms with Crippen LogP contribution in [-0.2, 0) is 12.0 Å². The second-order valence-electron chi connectivity index (χ2n) is 4.43. The van der Waals surface area contributed by atoms with Gasteiger partial charge >= 0.3 is 0 Å². The maximum atomic E-state index is 5.68. The van der Waals surface area contributed by atoms with Gasteiger partial charge in [0, 0.05) is 25.1 Å². The first-order valence-corrected chi connectivity index (χ1v) is 6.34. The van der Waals surface area contributed by atoms with Crippen molar-refractivity contribution >= 4 is 15.9 Å². The fourth-order valence-electron chi connectivity index (χ4n) is 2.78. The first-order chi connectivity index (χ1) is 7.30. The third-order valence-corrected chi connectivity index (χ3v) is 3.88. The number of nitrogens with one attached hydrogen (secondary N) is 2. The lowest BCUT2D eigenvalue weighted by Crippen LogP contribution is -2.55. The van der Waals surface area contributed by atoms with E-state index in [0.717, 1.165) is 36.5 Å². The van der Waals surface area contributed by atoms with Gasteiger partial charge < -0.3 is 15.1 Å². The monoisotopic (exact) mass is 270 g/mol. The number of halogens is 1. The zero-order chi connectivity index (χ0) is 10.3. The van der Waals surface area contributed by atoms with E-state index >= 15 is 0 Å². The van der Waals surface area contributed by atoms with Crippen molar-refractivity contribution in [2.75, 3.05) is 19.6 Å². The van der Waals surface area contributed by atoms with Crippen molar-refractivity contribution in [3.63, 3.8) is 0 Å². The van der Waals surface area contributed by atoms with Gasteiger partial charge in [0.05, 0.1) is 5.54 Å². The van der Waals surface area contributed by atoms with Crippen molar-refractivity contribution in [1.29, 1.82) is 0 Å². The SMILES string of the molecule is Brc1cc2c(o1)CCNC21CCCNC1. The zero-order valence-electron chi connectivity index (χ0n) is 8.61. The van der Waals surface area contributed by atoms with Gasteiger partial charge in [0.25, 0.3) is 0 Å². The molecule has 3 rings (SSSR count). The van der Waals surface area contributed by atoms with E-state index in [1.165, 1.54) is 18.4 Å². The lowest BCUT2D eigenvalue weighted by Gasteiger charge is -2.41. The molecule has 0 radical (unpaired) electrons. The summed E-state index contributed by atoms with van der Waals surface area (Å²) in [7, 11) is 0. The topological polar surface area (TPSA) is 37.2 Å². The molecule has 1 aromatic heterocycles. The smallest absolute Gasteiger partial charge is 0.169 e. The molecule has 1 unspecified atom stereocenters. The Balaban J connectivity index is 2.03. The van der Waals surface area contributed by atoms with Crippen LogP contribution >= 0.6 is 15.9 Å². The molecular weight excluding hydrogens is 256 g/mol. The molecule has 1 aromatic rings. The van der Waals surface area contributed by atoms with Gasteiger partial charge in [-0.25, -0.2) is 0 Å². The van der Waals surface area contributed by atoms with Crippen LogP contribution in [0.15, 0.2) is 15.2 Å². The number of fused-ring (bicyclic) bond motifs is 2. The predicted molar refractivity (Wildman–Crippen MR) is 61.9 cm³/mol. The van der Waals surface area contributed by atoms with Crippen LogP contribution in [0, 0.1) is 0 Å². The quantitative estimate of drug-likeness (QED) is 0.755. The zero-order valence-corrected chi connectivity index (χ0v) is 10.2. The fourth-order valence-corrected chi connectivity index (χ4v) is 3.21. The van der Waals surface area contributed by atoms with E-state index in [9.17, 15) is 0 Å². The summed E-state index contributed by atoms with van der Waals surface area (Å²) in [5, 5.41) is 7.14. The van der Waals surface area contributed by atoms with E-state index in [1.807, 2.05) is 0 Å². The summed E-state index contributed by atoms with van der Waals surface area (Å²) in [5.41, 5.74) is 1.48. The van der Waals surface area contributed by atoms with E-state index in [-0.39, 0.29) is 5.54 Å². The summed E-state index contributed by atoms with van der Waals surface area (Å²) in [4.78, 5) is 0. The standard InChI is InChI=1S/C11H15BrN2O/c12-10-6-8-9(15-10)2-5-14-11(8)3-1-4-13-7-11/h6,13-14H,1-5,7H2. The molecule has 0 amide bonds. The lowest BCUT2D eigenvalue weighted by molar-refractivity contribution is 0.232. The second kappa shape index (κ2) is 3.61. The Kier molecular flexibility index (Phi) is 2.38. The highest BCUT2D eigenvalue weighted by molar-refractivity contribution is 9.10. The van der Waals surface area contributed by atoms with Crippen molar-refractivity contribution in [3.8, 4) is 0 Å². The Hall–Kier alpha value is -0.320. The average Bonchev–Trinajstić information content (AvgIpc) is 2.62. The molecule has 1 saturated heterocycles. The molecular formula is C11H15BrN2O. The molecule has 0 aromatic carbocycles. The molecule has 4 heteroatoms. The Morgan fingerprint density at radius 1 is 1.40 bits per heavy atom. The highest BCUT2D eigenvalue weighted by Gasteiger charge is 2.39. The molecule has 2 aliphatic rings. The van der Waals surface area contributed by atoms with Crippen molar-refractivity contribution in [2.45, 2.75) is 24.8 Å². The normalized spacial score (nSPS) is 30.5. The molecule has 15 heavy (non-hydrogen) atoms. The van der Waals surface area contributed by atoms with Crippen molar-refractivity contribution in [2.24, 2.45) is 0 Å². The van der Waals surface area contributed by atoms with Gasteiger partial charge in [-0.2, -0.15) is 0 Å². The van der Waals surface area contributed by atoms with Crippen LogP contribution in [0.1, 0.15) is 24.2 Å². The fraction of sp³-hybridized carbons (Fsp3) is 0.636. The summed E-state index contributed by atoms with van der Waals surface area (Å²) >= 11 is 3.43. The molecule has 3 heterocycles. The number of furan rings is 1. The predicted octanol–water partition coefficient (Wildman–Crippen LogP) is 1.77. The van der Waals surface area contributed by atoms with E-state index in [4.69, 9.17) is 4.42 Å². The molecule has 0 aliphatic carbocycles. The first kappa shape index (κ1) is 9.87. The number of hydrogen-bond acceptors (Lipinski definition) is 3.